The summed E-state index contributed by atoms with van der Waals surface area (Å²) < 4.78 is 5.00. The number of halogens is 1. The highest BCUT2D eigenvalue weighted by Gasteiger charge is 2.31. The number of carbonyl (C=O) groups excluding carboxylic acids is 2. The van der Waals surface area contributed by atoms with E-state index in [1.165, 1.54) is 23.1 Å². The molecule has 1 aliphatic rings. The predicted molar refractivity (Wildman–Crippen MR) is 95.9 cm³/mol. The standard InChI is InChI=1S/C17H22ClN3O5/c1-3-26-17(23)20-8-4-5-12(11-20)16(22)19(2)10-13-9-14(21(24)25)6-7-15(13)18/h6-7,9,12H,3-5,8,10-11H2,1-2H3. The van der Waals surface area contributed by atoms with Crippen molar-refractivity contribution in [1.29, 1.82) is 0 Å². The maximum atomic E-state index is 12.7. The van der Waals surface area contributed by atoms with Gasteiger partial charge in [-0.15, -0.1) is 0 Å². The number of amides is 2. The lowest BCUT2D eigenvalue weighted by atomic mass is 9.96. The summed E-state index contributed by atoms with van der Waals surface area (Å²) in [5.41, 5.74) is 0.436. The smallest absolute Gasteiger partial charge is 0.409 e. The molecule has 1 unspecified atom stereocenters. The van der Waals surface area contributed by atoms with Crippen LogP contribution in [0.5, 0.6) is 0 Å². The summed E-state index contributed by atoms with van der Waals surface area (Å²) >= 11 is 6.10. The molecular formula is C17H22ClN3O5. The minimum absolute atomic E-state index is 0.0728. The van der Waals surface area contributed by atoms with Gasteiger partial charge in [-0.25, -0.2) is 4.79 Å². The number of hydrogen-bond donors (Lipinski definition) is 0. The Bertz CT molecular complexity index is 697. The Morgan fingerprint density at radius 3 is 2.85 bits per heavy atom. The average molecular weight is 384 g/mol. The molecule has 26 heavy (non-hydrogen) atoms. The van der Waals surface area contributed by atoms with Crippen molar-refractivity contribution in [2.75, 3.05) is 26.7 Å². The number of nitrogens with zero attached hydrogens (tertiary/aromatic N) is 3. The van der Waals surface area contributed by atoms with Gasteiger partial charge in [0, 0.05) is 43.8 Å². The fraction of sp³-hybridized carbons (Fsp3) is 0.529. The Hall–Kier alpha value is -2.35. The minimum atomic E-state index is -0.500. The van der Waals surface area contributed by atoms with Gasteiger partial charge in [-0.2, -0.15) is 0 Å². The SMILES string of the molecule is CCOC(=O)N1CCCC(C(=O)N(C)Cc2cc([N+](=O)[O-])ccc2Cl)C1. The van der Waals surface area contributed by atoms with Gasteiger partial charge < -0.3 is 14.5 Å². The summed E-state index contributed by atoms with van der Waals surface area (Å²) in [7, 11) is 1.63. The maximum Gasteiger partial charge on any atom is 0.409 e. The van der Waals surface area contributed by atoms with E-state index in [4.69, 9.17) is 16.3 Å². The molecule has 0 aromatic heterocycles. The van der Waals surface area contributed by atoms with Crippen LogP contribution in [-0.2, 0) is 16.1 Å². The lowest BCUT2D eigenvalue weighted by Gasteiger charge is -2.33. The molecular weight excluding hydrogens is 362 g/mol. The fourth-order valence-corrected chi connectivity index (χ4v) is 3.18. The highest BCUT2D eigenvalue weighted by atomic mass is 35.5. The van der Waals surface area contributed by atoms with Gasteiger partial charge in [0.1, 0.15) is 0 Å². The Labute approximate surface area is 156 Å². The van der Waals surface area contributed by atoms with E-state index < -0.39 is 11.0 Å². The molecule has 2 rings (SSSR count). The largest absolute Gasteiger partial charge is 0.450 e. The molecule has 1 saturated heterocycles. The van der Waals surface area contributed by atoms with Crippen molar-refractivity contribution in [3.63, 3.8) is 0 Å². The fourth-order valence-electron chi connectivity index (χ4n) is 3.00. The van der Waals surface area contributed by atoms with E-state index in [1.807, 2.05) is 0 Å². The molecule has 0 radical (unpaired) electrons. The second-order valence-corrected chi connectivity index (χ2v) is 6.62. The Kier molecular flexibility index (Phi) is 6.79. The third-order valence-corrected chi connectivity index (χ3v) is 4.69. The van der Waals surface area contributed by atoms with E-state index in [2.05, 4.69) is 0 Å². The van der Waals surface area contributed by atoms with Crippen LogP contribution in [0.25, 0.3) is 0 Å². The highest BCUT2D eigenvalue weighted by molar-refractivity contribution is 6.31. The summed E-state index contributed by atoms with van der Waals surface area (Å²) in [5.74, 6) is -0.447. The first-order chi connectivity index (χ1) is 12.3. The molecule has 1 atom stereocenters. The van der Waals surface area contributed by atoms with Crippen molar-refractivity contribution in [1.82, 2.24) is 9.80 Å². The number of nitro groups is 1. The normalized spacial score (nSPS) is 16.9. The molecule has 1 aromatic rings. The van der Waals surface area contributed by atoms with Gasteiger partial charge in [-0.3, -0.25) is 14.9 Å². The first-order valence-electron chi connectivity index (χ1n) is 8.43. The van der Waals surface area contributed by atoms with Gasteiger partial charge in [0.05, 0.1) is 17.4 Å². The van der Waals surface area contributed by atoms with E-state index in [-0.39, 0.29) is 24.1 Å². The Balaban J connectivity index is 2.04. The van der Waals surface area contributed by atoms with Crippen LogP contribution in [0.2, 0.25) is 5.02 Å². The molecule has 142 valence electrons. The van der Waals surface area contributed by atoms with Crippen molar-refractivity contribution in [2.24, 2.45) is 5.92 Å². The van der Waals surface area contributed by atoms with Crippen LogP contribution >= 0.6 is 11.6 Å². The van der Waals surface area contributed by atoms with Crippen molar-refractivity contribution >= 4 is 29.3 Å². The molecule has 0 saturated carbocycles. The minimum Gasteiger partial charge on any atom is -0.450 e. The van der Waals surface area contributed by atoms with Crippen LogP contribution in [0.3, 0.4) is 0 Å². The van der Waals surface area contributed by atoms with Crippen LogP contribution in [0.1, 0.15) is 25.3 Å². The number of non-ortho nitro benzene ring substituents is 1. The third-order valence-electron chi connectivity index (χ3n) is 4.32. The molecule has 0 aliphatic carbocycles. The number of carbonyl (C=O) groups is 2. The van der Waals surface area contributed by atoms with Crippen molar-refractivity contribution < 1.29 is 19.2 Å². The number of benzene rings is 1. The molecule has 0 bridgehead atoms. The topological polar surface area (TPSA) is 93.0 Å². The number of likely N-dealkylation sites (tertiary alicyclic amines) is 1. The highest BCUT2D eigenvalue weighted by Crippen LogP contribution is 2.25. The number of ether oxygens (including phenoxy) is 1. The van der Waals surface area contributed by atoms with E-state index in [0.29, 0.717) is 36.7 Å². The molecule has 9 heteroatoms. The van der Waals surface area contributed by atoms with Gasteiger partial charge in [-0.1, -0.05) is 11.6 Å². The van der Waals surface area contributed by atoms with Gasteiger partial charge in [0.25, 0.3) is 5.69 Å². The second kappa shape index (κ2) is 8.84. The average Bonchev–Trinajstić information content (AvgIpc) is 2.63. The van der Waals surface area contributed by atoms with Crippen LogP contribution in [0, 0.1) is 16.0 Å². The Morgan fingerprint density at radius 1 is 1.46 bits per heavy atom. The molecule has 2 amide bonds. The molecule has 8 nitrogen and oxygen atoms in total. The molecule has 1 aliphatic heterocycles. The van der Waals surface area contributed by atoms with E-state index in [0.717, 1.165) is 6.42 Å². The monoisotopic (exact) mass is 383 g/mol. The summed E-state index contributed by atoms with van der Waals surface area (Å²) in [5, 5.41) is 11.3. The molecule has 1 fully saturated rings. The number of piperidine rings is 1. The first kappa shape index (κ1) is 20.0. The van der Waals surface area contributed by atoms with E-state index in [1.54, 1.807) is 18.9 Å². The van der Waals surface area contributed by atoms with Crippen LogP contribution in [0.15, 0.2) is 18.2 Å². The molecule has 0 N–H and O–H groups in total. The lowest BCUT2D eigenvalue weighted by Crippen LogP contribution is -2.45. The van der Waals surface area contributed by atoms with Gasteiger partial charge in [0.2, 0.25) is 5.91 Å². The maximum absolute atomic E-state index is 12.7. The summed E-state index contributed by atoms with van der Waals surface area (Å²) in [4.78, 5) is 38.1. The summed E-state index contributed by atoms with van der Waals surface area (Å²) in [6.07, 6.45) is 0.997. The van der Waals surface area contributed by atoms with Gasteiger partial charge >= 0.3 is 6.09 Å². The number of rotatable bonds is 5. The lowest BCUT2D eigenvalue weighted by molar-refractivity contribution is -0.384. The van der Waals surface area contributed by atoms with Gasteiger partial charge in [-0.05, 0) is 31.4 Å². The predicted octanol–water partition coefficient (Wildman–Crippen LogP) is 3.08. The summed E-state index contributed by atoms with van der Waals surface area (Å²) in [6, 6.07) is 4.15. The first-order valence-corrected chi connectivity index (χ1v) is 8.80. The van der Waals surface area contributed by atoms with E-state index >= 15 is 0 Å². The van der Waals surface area contributed by atoms with Crippen LogP contribution < -0.4 is 0 Å². The zero-order valence-corrected chi connectivity index (χ0v) is 15.6. The zero-order valence-electron chi connectivity index (χ0n) is 14.8. The number of hydrogen-bond acceptors (Lipinski definition) is 5. The van der Waals surface area contributed by atoms with Crippen molar-refractivity contribution in [3.05, 3.63) is 38.9 Å². The van der Waals surface area contributed by atoms with Crippen molar-refractivity contribution in [2.45, 2.75) is 26.3 Å². The quantitative estimate of drug-likeness (QED) is 0.575. The number of nitro benzene ring substituents is 1. The Morgan fingerprint density at radius 2 is 2.19 bits per heavy atom. The van der Waals surface area contributed by atoms with Crippen molar-refractivity contribution in [3.8, 4) is 0 Å². The van der Waals surface area contributed by atoms with Crippen LogP contribution in [0.4, 0.5) is 10.5 Å². The van der Waals surface area contributed by atoms with E-state index in [9.17, 15) is 19.7 Å². The summed E-state index contributed by atoms with van der Waals surface area (Å²) in [6.45, 7) is 3.07. The van der Waals surface area contributed by atoms with Crippen LogP contribution in [-0.4, -0.2) is 53.5 Å². The van der Waals surface area contributed by atoms with Gasteiger partial charge in [0.15, 0.2) is 0 Å². The molecule has 1 heterocycles. The zero-order chi connectivity index (χ0) is 19.3. The molecule has 1 aromatic carbocycles. The molecule has 0 spiro atoms. The third kappa shape index (κ3) is 4.85. The second-order valence-electron chi connectivity index (χ2n) is 6.21.